The lowest BCUT2D eigenvalue weighted by atomic mass is 10.2. The monoisotopic (exact) mass is 236 g/mol. The van der Waals surface area contributed by atoms with Crippen LogP contribution in [-0.4, -0.2) is 15.0 Å². The molecule has 2 rings (SSSR count). The number of thiazole rings is 1. The maximum Gasteiger partial charge on any atom is 0.270 e. The van der Waals surface area contributed by atoms with Gasteiger partial charge in [-0.25, -0.2) is 4.98 Å². The van der Waals surface area contributed by atoms with Crippen LogP contribution in [0.3, 0.4) is 0 Å². The lowest BCUT2D eigenvalue weighted by Crippen LogP contribution is -1.87. The summed E-state index contributed by atoms with van der Waals surface area (Å²) in [5, 5.41) is 20.2. The first-order valence-corrected chi connectivity index (χ1v) is 5.33. The molecule has 1 heterocycles. The van der Waals surface area contributed by atoms with Gasteiger partial charge in [-0.2, -0.15) is 0 Å². The minimum atomic E-state index is -0.440. The summed E-state index contributed by atoms with van der Waals surface area (Å²) in [5.41, 5.74) is 0.733. The lowest BCUT2D eigenvalue weighted by Gasteiger charge is -1.95. The van der Waals surface area contributed by atoms with Gasteiger partial charge in [-0.05, 0) is 0 Å². The molecule has 1 aromatic heterocycles. The van der Waals surface area contributed by atoms with Crippen LogP contribution in [0.4, 0.5) is 5.69 Å². The molecule has 0 spiro atoms. The Balaban J connectivity index is 2.40. The van der Waals surface area contributed by atoms with E-state index in [1.807, 2.05) is 0 Å². The van der Waals surface area contributed by atoms with Crippen LogP contribution in [0.1, 0.15) is 4.88 Å². The van der Waals surface area contributed by atoms with Crippen molar-refractivity contribution < 1.29 is 10.0 Å². The molecule has 5 nitrogen and oxygen atoms in total. The molecule has 0 aliphatic carbocycles. The standard InChI is InChI=1S/C10H8N2O3S/c13-6-9-5-11-10(16-9)7-2-1-3-8(4-7)12(14)15/h1-5,13H,6H2. The molecule has 0 radical (unpaired) electrons. The SMILES string of the molecule is O=[N+]([O-])c1cccc(-c2ncc(CO)s2)c1. The first-order valence-electron chi connectivity index (χ1n) is 4.51. The van der Waals surface area contributed by atoms with Crippen LogP contribution in [-0.2, 0) is 6.61 Å². The molecule has 0 amide bonds. The van der Waals surface area contributed by atoms with E-state index >= 15 is 0 Å². The number of hydrogen-bond acceptors (Lipinski definition) is 5. The van der Waals surface area contributed by atoms with Gasteiger partial charge in [-0.3, -0.25) is 10.1 Å². The fourth-order valence-electron chi connectivity index (χ4n) is 1.27. The second-order valence-electron chi connectivity index (χ2n) is 3.10. The van der Waals surface area contributed by atoms with Gasteiger partial charge in [0.25, 0.3) is 5.69 Å². The van der Waals surface area contributed by atoms with E-state index in [1.54, 1.807) is 18.3 Å². The van der Waals surface area contributed by atoms with Gasteiger partial charge in [-0.1, -0.05) is 12.1 Å². The van der Waals surface area contributed by atoms with Gasteiger partial charge in [0.2, 0.25) is 0 Å². The summed E-state index contributed by atoms with van der Waals surface area (Å²) in [6.07, 6.45) is 1.57. The molecular weight excluding hydrogens is 228 g/mol. The first kappa shape index (κ1) is 10.7. The van der Waals surface area contributed by atoms with E-state index in [0.717, 1.165) is 4.88 Å². The number of non-ortho nitro benzene ring substituents is 1. The third kappa shape index (κ3) is 2.07. The Kier molecular flexibility index (Phi) is 2.93. The van der Waals surface area contributed by atoms with E-state index in [9.17, 15) is 10.1 Å². The van der Waals surface area contributed by atoms with Crippen LogP contribution < -0.4 is 0 Å². The van der Waals surface area contributed by atoms with Crippen molar-refractivity contribution in [3.05, 3.63) is 45.5 Å². The minimum Gasteiger partial charge on any atom is -0.391 e. The number of aromatic nitrogens is 1. The summed E-state index contributed by atoms with van der Waals surface area (Å²) < 4.78 is 0. The molecule has 0 atom stereocenters. The quantitative estimate of drug-likeness (QED) is 0.654. The number of nitrogens with zero attached hydrogens (tertiary/aromatic N) is 2. The average Bonchev–Trinajstić information content (AvgIpc) is 2.77. The molecule has 0 bridgehead atoms. The Labute approximate surface area is 95.2 Å². The third-order valence-corrected chi connectivity index (χ3v) is 3.04. The highest BCUT2D eigenvalue weighted by Crippen LogP contribution is 2.27. The van der Waals surface area contributed by atoms with Crippen molar-refractivity contribution in [1.29, 1.82) is 0 Å². The average molecular weight is 236 g/mol. The van der Waals surface area contributed by atoms with E-state index in [-0.39, 0.29) is 12.3 Å². The Bertz CT molecular complexity index is 524. The molecule has 2 aromatic rings. The van der Waals surface area contributed by atoms with Crippen LogP contribution in [0.5, 0.6) is 0 Å². The Hall–Kier alpha value is -1.79. The number of aliphatic hydroxyl groups is 1. The summed E-state index contributed by atoms with van der Waals surface area (Å²) >= 11 is 1.32. The van der Waals surface area contributed by atoms with Gasteiger partial charge in [0.05, 0.1) is 16.4 Å². The Morgan fingerprint density at radius 2 is 2.31 bits per heavy atom. The number of rotatable bonds is 3. The van der Waals surface area contributed by atoms with E-state index in [1.165, 1.54) is 23.5 Å². The van der Waals surface area contributed by atoms with Crippen molar-refractivity contribution in [2.75, 3.05) is 0 Å². The van der Waals surface area contributed by atoms with Crippen molar-refractivity contribution in [3.8, 4) is 10.6 Å². The molecule has 0 saturated carbocycles. The molecule has 0 aliphatic rings. The van der Waals surface area contributed by atoms with Crippen LogP contribution in [0.25, 0.3) is 10.6 Å². The number of benzene rings is 1. The number of nitro groups is 1. The number of nitro benzene ring substituents is 1. The molecule has 0 saturated heterocycles. The minimum absolute atomic E-state index is 0.0400. The van der Waals surface area contributed by atoms with E-state index in [0.29, 0.717) is 10.6 Å². The predicted octanol–water partition coefficient (Wildman–Crippen LogP) is 2.21. The maximum atomic E-state index is 10.6. The van der Waals surface area contributed by atoms with Crippen molar-refractivity contribution in [1.82, 2.24) is 4.98 Å². The number of hydrogen-bond donors (Lipinski definition) is 1. The Morgan fingerprint density at radius 3 is 2.94 bits per heavy atom. The van der Waals surface area contributed by atoms with Gasteiger partial charge in [0, 0.05) is 23.9 Å². The molecular formula is C10H8N2O3S. The molecule has 1 N–H and O–H groups in total. The second kappa shape index (κ2) is 4.38. The van der Waals surface area contributed by atoms with Crippen LogP contribution in [0, 0.1) is 10.1 Å². The van der Waals surface area contributed by atoms with Crippen LogP contribution in [0.2, 0.25) is 0 Å². The largest absolute Gasteiger partial charge is 0.391 e. The highest BCUT2D eigenvalue weighted by molar-refractivity contribution is 7.15. The summed E-state index contributed by atoms with van der Waals surface area (Å²) in [4.78, 5) is 15.0. The molecule has 0 aliphatic heterocycles. The van der Waals surface area contributed by atoms with Crippen molar-refractivity contribution >= 4 is 17.0 Å². The molecule has 1 aromatic carbocycles. The molecule has 0 fully saturated rings. The fourth-order valence-corrected chi connectivity index (χ4v) is 2.04. The van der Waals surface area contributed by atoms with E-state index in [2.05, 4.69) is 4.98 Å². The second-order valence-corrected chi connectivity index (χ2v) is 4.21. The summed E-state index contributed by atoms with van der Waals surface area (Å²) in [6, 6.07) is 6.28. The third-order valence-electron chi connectivity index (χ3n) is 2.01. The van der Waals surface area contributed by atoms with Crippen molar-refractivity contribution in [3.63, 3.8) is 0 Å². The zero-order valence-electron chi connectivity index (χ0n) is 8.16. The highest BCUT2D eigenvalue weighted by Gasteiger charge is 2.09. The smallest absolute Gasteiger partial charge is 0.270 e. The zero-order chi connectivity index (χ0) is 11.5. The fraction of sp³-hybridized carbons (Fsp3) is 0.100. The summed E-state index contributed by atoms with van der Waals surface area (Å²) in [7, 11) is 0. The lowest BCUT2D eigenvalue weighted by molar-refractivity contribution is -0.384. The topological polar surface area (TPSA) is 76.3 Å². The highest BCUT2D eigenvalue weighted by atomic mass is 32.1. The maximum absolute atomic E-state index is 10.6. The zero-order valence-corrected chi connectivity index (χ0v) is 8.98. The van der Waals surface area contributed by atoms with Gasteiger partial charge < -0.3 is 5.11 Å². The van der Waals surface area contributed by atoms with Gasteiger partial charge in [-0.15, -0.1) is 11.3 Å². The first-order chi connectivity index (χ1) is 7.70. The van der Waals surface area contributed by atoms with Crippen LogP contribution in [0.15, 0.2) is 30.5 Å². The predicted molar refractivity (Wildman–Crippen MR) is 60.1 cm³/mol. The van der Waals surface area contributed by atoms with Crippen LogP contribution >= 0.6 is 11.3 Å². The normalized spacial score (nSPS) is 10.3. The summed E-state index contributed by atoms with van der Waals surface area (Å²) in [5.74, 6) is 0. The summed E-state index contributed by atoms with van der Waals surface area (Å²) in [6.45, 7) is -0.0629. The molecule has 82 valence electrons. The van der Waals surface area contributed by atoms with Gasteiger partial charge in [0.1, 0.15) is 5.01 Å². The van der Waals surface area contributed by atoms with Gasteiger partial charge in [0.15, 0.2) is 0 Å². The molecule has 0 unspecified atom stereocenters. The van der Waals surface area contributed by atoms with Crippen molar-refractivity contribution in [2.45, 2.75) is 6.61 Å². The van der Waals surface area contributed by atoms with Gasteiger partial charge >= 0.3 is 0 Å². The Morgan fingerprint density at radius 1 is 1.50 bits per heavy atom. The molecule has 16 heavy (non-hydrogen) atoms. The van der Waals surface area contributed by atoms with E-state index < -0.39 is 4.92 Å². The molecule has 6 heteroatoms. The van der Waals surface area contributed by atoms with E-state index in [4.69, 9.17) is 5.11 Å². The number of aliphatic hydroxyl groups excluding tert-OH is 1. The van der Waals surface area contributed by atoms with Crippen molar-refractivity contribution in [2.24, 2.45) is 0 Å².